The lowest BCUT2D eigenvalue weighted by Crippen LogP contribution is -2.49. The van der Waals surface area contributed by atoms with Crippen molar-refractivity contribution in [2.45, 2.75) is 45.4 Å². The number of carbonyl (C=O) groups excluding carboxylic acids is 1. The number of hydrogen-bond donors (Lipinski definition) is 1. The number of nitrogens with two attached hydrogens (primary N) is 1. The molecule has 5 heteroatoms. The molecule has 4 nitrogen and oxygen atoms in total. The van der Waals surface area contributed by atoms with Crippen molar-refractivity contribution >= 4 is 11.6 Å². The Morgan fingerprint density at radius 3 is 2.08 bits per heavy atom. The van der Waals surface area contributed by atoms with Crippen LogP contribution in [0.5, 0.6) is 0 Å². The first-order valence-electron chi connectivity index (χ1n) is 9.08. The van der Waals surface area contributed by atoms with E-state index in [9.17, 15) is 9.18 Å². The quantitative estimate of drug-likeness (QED) is 0.923. The van der Waals surface area contributed by atoms with Crippen LogP contribution in [0, 0.1) is 12.7 Å². The zero-order chi connectivity index (χ0) is 17.4. The first kappa shape index (κ1) is 18.7. The first-order chi connectivity index (χ1) is 11.6. The molecule has 2 aliphatic rings. The number of rotatable bonds is 3. The second-order valence-electron chi connectivity index (χ2n) is 6.76. The molecule has 1 aromatic carbocycles. The van der Waals surface area contributed by atoms with Gasteiger partial charge in [0, 0.05) is 26.2 Å². The maximum Gasteiger partial charge on any atom is 0.231 e. The van der Waals surface area contributed by atoms with Crippen LogP contribution in [-0.2, 0) is 4.79 Å². The molecule has 0 spiro atoms. The monoisotopic (exact) mass is 335 g/mol. The van der Waals surface area contributed by atoms with Gasteiger partial charge in [-0.2, -0.15) is 0 Å². The number of nitrogens with zero attached hydrogens (tertiary/aromatic N) is 2. The highest BCUT2D eigenvalue weighted by molar-refractivity contribution is 5.76. The summed E-state index contributed by atoms with van der Waals surface area (Å²) in [5, 5.41) is 0. The molecule has 2 N–H and O–H groups in total. The molecule has 1 aromatic rings. The zero-order valence-corrected chi connectivity index (χ0v) is 14.8. The Bertz CT molecular complexity index is 512. The number of amides is 1. The second-order valence-corrected chi connectivity index (χ2v) is 6.76. The van der Waals surface area contributed by atoms with Gasteiger partial charge in [-0.3, -0.25) is 9.69 Å². The third kappa shape index (κ3) is 5.78. The molecule has 24 heavy (non-hydrogen) atoms. The Morgan fingerprint density at radius 2 is 1.58 bits per heavy atom. The van der Waals surface area contributed by atoms with Gasteiger partial charge in [-0.25, -0.2) is 4.39 Å². The summed E-state index contributed by atoms with van der Waals surface area (Å²) in [6.45, 7) is 4.94. The summed E-state index contributed by atoms with van der Waals surface area (Å²) in [7, 11) is 0. The Hall–Kier alpha value is -1.62. The summed E-state index contributed by atoms with van der Waals surface area (Å²) >= 11 is 0. The average molecular weight is 335 g/mol. The van der Waals surface area contributed by atoms with Gasteiger partial charge >= 0.3 is 0 Å². The van der Waals surface area contributed by atoms with Gasteiger partial charge in [-0.15, -0.1) is 0 Å². The number of primary amides is 1. The van der Waals surface area contributed by atoms with Crippen LogP contribution < -0.4 is 10.6 Å². The molecule has 1 amide bonds. The van der Waals surface area contributed by atoms with Crippen molar-refractivity contribution in [3.8, 4) is 0 Å². The zero-order valence-electron chi connectivity index (χ0n) is 14.8. The van der Waals surface area contributed by atoms with Gasteiger partial charge in [-0.05, 0) is 18.6 Å². The summed E-state index contributed by atoms with van der Waals surface area (Å²) in [5.74, 6) is -0.467. The third-order valence-electron chi connectivity index (χ3n) is 4.76. The minimum atomic E-state index is -0.315. The molecule has 3 rings (SSSR count). The highest BCUT2D eigenvalue weighted by atomic mass is 19.1. The number of carbonyl (C=O) groups is 1. The largest absolute Gasteiger partial charge is 0.369 e. The van der Waals surface area contributed by atoms with Crippen molar-refractivity contribution in [1.82, 2.24) is 4.90 Å². The molecule has 2 fully saturated rings. The lowest BCUT2D eigenvalue weighted by Gasteiger charge is -2.35. The van der Waals surface area contributed by atoms with Crippen LogP contribution in [0.25, 0.3) is 0 Å². The minimum absolute atomic E-state index is 0.152. The normalized spacial score (nSPS) is 18.7. The lowest BCUT2D eigenvalue weighted by atomic mass is 10.0. The molecule has 0 aromatic heterocycles. The molecular formula is C19H30FN3O. The van der Waals surface area contributed by atoms with Crippen molar-refractivity contribution in [1.29, 1.82) is 0 Å². The second kappa shape index (κ2) is 9.62. The number of benzene rings is 1. The molecule has 1 aliphatic carbocycles. The molecular weight excluding hydrogens is 305 g/mol. The molecule has 0 unspecified atom stereocenters. The van der Waals surface area contributed by atoms with E-state index in [4.69, 9.17) is 5.73 Å². The number of piperazine rings is 1. The summed E-state index contributed by atoms with van der Waals surface area (Å²) in [6, 6.07) is 5.43. The van der Waals surface area contributed by atoms with Crippen molar-refractivity contribution in [3.05, 3.63) is 29.6 Å². The van der Waals surface area contributed by atoms with Crippen molar-refractivity contribution < 1.29 is 9.18 Å². The standard InChI is InChI=1S/C13H18FN3O.C6H12/c1-10-3-2-4-11(13(10)14)17-7-5-16(6-8-17)9-12(15)18;1-2-4-6-5-3-1/h2-4H,5-9H2,1H3,(H2,15,18);1-6H2. The van der Waals surface area contributed by atoms with Crippen LogP contribution in [0.1, 0.15) is 44.1 Å². The van der Waals surface area contributed by atoms with E-state index in [0.717, 1.165) is 13.1 Å². The van der Waals surface area contributed by atoms with Crippen LogP contribution in [-0.4, -0.2) is 43.5 Å². The van der Waals surface area contributed by atoms with Gasteiger partial charge in [0.25, 0.3) is 0 Å². The minimum Gasteiger partial charge on any atom is -0.369 e. The van der Waals surface area contributed by atoms with Gasteiger partial charge in [0.05, 0.1) is 12.2 Å². The molecule has 1 saturated heterocycles. The highest BCUT2D eigenvalue weighted by Gasteiger charge is 2.20. The summed E-state index contributed by atoms with van der Waals surface area (Å²) in [6.07, 6.45) is 9.00. The first-order valence-corrected chi connectivity index (χ1v) is 9.08. The van der Waals surface area contributed by atoms with E-state index in [1.165, 1.54) is 38.5 Å². The molecule has 0 radical (unpaired) electrons. The molecule has 0 atom stereocenters. The average Bonchev–Trinajstić information content (AvgIpc) is 2.60. The van der Waals surface area contributed by atoms with Crippen LogP contribution in [0.3, 0.4) is 0 Å². The molecule has 1 aliphatic heterocycles. The fourth-order valence-corrected chi connectivity index (χ4v) is 3.30. The maximum atomic E-state index is 14.0. The van der Waals surface area contributed by atoms with Crippen molar-refractivity contribution in [2.24, 2.45) is 5.73 Å². The van der Waals surface area contributed by atoms with Crippen LogP contribution in [0.2, 0.25) is 0 Å². The summed E-state index contributed by atoms with van der Waals surface area (Å²) in [5.41, 5.74) is 6.47. The fourth-order valence-electron chi connectivity index (χ4n) is 3.30. The van der Waals surface area contributed by atoms with Gasteiger partial charge in [0.15, 0.2) is 0 Å². The van der Waals surface area contributed by atoms with E-state index >= 15 is 0 Å². The molecule has 1 heterocycles. The molecule has 134 valence electrons. The molecule has 1 saturated carbocycles. The van der Waals surface area contributed by atoms with E-state index in [-0.39, 0.29) is 18.3 Å². The SMILES string of the molecule is C1CCCCC1.Cc1cccc(N2CCN(CC(N)=O)CC2)c1F. The fraction of sp³-hybridized carbons (Fsp3) is 0.632. The Balaban J connectivity index is 0.000000292. The van der Waals surface area contributed by atoms with Crippen LogP contribution in [0.4, 0.5) is 10.1 Å². The molecule has 0 bridgehead atoms. The van der Waals surface area contributed by atoms with Gasteiger partial charge in [-0.1, -0.05) is 50.7 Å². The predicted octanol–water partition coefficient (Wildman–Crippen LogP) is 3.08. The van der Waals surface area contributed by atoms with Crippen LogP contribution in [0.15, 0.2) is 18.2 Å². The van der Waals surface area contributed by atoms with Gasteiger partial charge in [0.2, 0.25) is 5.91 Å². The van der Waals surface area contributed by atoms with Gasteiger partial charge in [0.1, 0.15) is 5.82 Å². The van der Waals surface area contributed by atoms with E-state index in [1.54, 1.807) is 19.1 Å². The van der Waals surface area contributed by atoms with Crippen molar-refractivity contribution in [2.75, 3.05) is 37.6 Å². The Morgan fingerprint density at radius 1 is 1.04 bits per heavy atom. The summed E-state index contributed by atoms with van der Waals surface area (Å²) in [4.78, 5) is 14.8. The maximum absolute atomic E-state index is 14.0. The lowest BCUT2D eigenvalue weighted by molar-refractivity contribution is -0.119. The van der Waals surface area contributed by atoms with E-state index in [2.05, 4.69) is 0 Å². The van der Waals surface area contributed by atoms with Gasteiger partial charge < -0.3 is 10.6 Å². The number of aryl methyl sites for hydroxylation is 1. The Labute approximate surface area is 144 Å². The van der Waals surface area contributed by atoms with Crippen LogP contribution >= 0.6 is 0 Å². The van der Waals surface area contributed by atoms with E-state index in [0.29, 0.717) is 24.3 Å². The Kier molecular flexibility index (Phi) is 7.50. The number of halogens is 1. The highest BCUT2D eigenvalue weighted by Crippen LogP contribution is 2.22. The van der Waals surface area contributed by atoms with Crippen molar-refractivity contribution in [3.63, 3.8) is 0 Å². The van der Waals surface area contributed by atoms with E-state index in [1.807, 2.05) is 15.9 Å². The number of anilines is 1. The predicted molar refractivity (Wildman–Crippen MR) is 96.7 cm³/mol. The topological polar surface area (TPSA) is 49.6 Å². The van der Waals surface area contributed by atoms with E-state index < -0.39 is 0 Å². The number of hydrogen-bond acceptors (Lipinski definition) is 3. The smallest absolute Gasteiger partial charge is 0.231 e. The third-order valence-corrected chi connectivity index (χ3v) is 4.76. The summed E-state index contributed by atoms with van der Waals surface area (Å²) < 4.78 is 14.0.